The zero-order valence-electron chi connectivity index (χ0n) is 23.1. The highest BCUT2D eigenvalue weighted by Crippen LogP contribution is 2.38. The van der Waals surface area contributed by atoms with Gasteiger partial charge in [0.15, 0.2) is 29.0 Å². The molecule has 0 atom stereocenters. The first-order valence-electron chi connectivity index (χ1n) is 13.8. The molecule has 0 amide bonds. The third kappa shape index (κ3) is 4.06. The molecule has 2 aliphatic heterocycles. The van der Waals surface area contributed by atoms with E-state index in [2.05, 4.69) is 9.97 Å². The van der Waals surface area contributed by atoms with Gasteiger partial charge in [-0.2, -0.15) is 13.6 Å². The largest absolute Gasteiger partial charge is 0.380 e. The zero-order chi connectivity index (χ0) is 30.3. The van der Waals surface area contributed by atoms with Crippen LogP contribution in [0.15, 0.2) is 91.0 Å². The number of rotatable bonds is 2. The summed E-state index contributed by atoms with van der Waals surface area (Å²) in [5.41, 5.74) is 4.98. The number of aromatic amines is 2. The van der Waals surface area contributed by atoms with Crippen LogP contribution in [0.25, 0.3) is 89.7 Å². The highest BCUT2D eigenvalue weighted by atomic mass is 32.2. The maximum absolute atomic E-state index is 12.0. The van der Waals surface area contributed by atoms with Gasteiger partial charge >= 0.3 is 10.3 Å². The van der Waals surface area contributed by atoms with Crippen molar-refractivity contribution in [3.05, 3.63) is 91.0 Å². The van der Waals surface area contributed by atoms with Crippen LogP contribution in [-0.2, 0) is 10.3 Å². The number of nitrogens with two attached hydrogens (primary N) is 1. The fourth-order valence-corrected chi connectivity index (χ4v) is 6.24. The molecular formula is C32H19N9O3S. The molecule has 45 heavy (non-hydrogen) atoms. The third-order valence-corrected chi connectivity index (χ3v) is 8.16. The second-order valence-corrected chi connectivity index (χ2v) is 11.7. The Labute approximate surface area is 254 Å². The summed E-state index contributed by atoms with van der Waals surface area (Å²) in [6, 6.07) is 28.1. The van der Waals surface area contributed by atoms with E-state index in [4.69, 9.17) is 39.2 Å². The average Bonchev–Trinajstić information content (AvgIpc) is 3.76. The summed E-state index contributed by atoms with van der Waals surface area (Å²) in [5, 5.41) is 7.95. The number of hydrogen-bond acceptors (Lipinski definition) is 9. The molecule has 12 nitrogen and oxygen atoms in total. The number of nitrogens with zero attached hydrogens (tertiary/aromatic N) is 6. The second-order valence-electron chi connectivity index (χ2n) is 10.5. The van der Waals surface area contributed by atoms with Crippen LogP contribution in [0.4, 0.5) is 0 Å². The molecule has 0 aliphatic carbocycles. The van der Waals surface area contributed by atoms with Crippen molar-refractivity contribution in [2.45, 2.75) is 0 Å². The molecule has 0 saturated heterocycles. The van der Waals surface area contributed by atoms with E-state index in [-0.39, 0.29) is 11.4 Å². The lowest BCUT2D eigenvalue weighted by molar-refractivity contribution is 0.490. The predicted octanol–water partition coefficient (Wildman–Crippen LogP) is 5.45. The molecule has 2 aliphatic rings. The summed E-state index contributed by atoms with van der Waals surface area (Å²) in [6.07, 6.45) is 0. The van der Waals surface area contributed by atoms with Crippen molar-refractivity contribution in [2.75, 3.05) is 0 Å². The number of benzene rings is 4. The van der Waals surface area contributed by atoms with E-state index in [1.807, 2.05) is 72.8 Å². The topological polar surface area (TPSA) is 178 Å². The van der Waals surface area contributed by atoms with E-state index in [0.717, 1.165) is 33.0 Å². The first kappa shape index (κ1) is 25.4. The molecule has 7 aromatic rings. The fraction of sp³-hybridized carbons (Fsp3) is 0. The van der Waals surface area contributed by atoms with Crippen molar-refractivity contribution in [2.24, 2.45) is 5.14 Å². The minimum absolute atomic E-state index is 0.00813. The van der Waals surface area contributed by atoms with Crippen molar-refractivity contribution in [3.8, 4) is 51.3 Å². The molecule has 0 unspecified atom stereocenters. The van der Waals surface area contributed by atoms with Gasteiger partial charge in [-0.25, -0.2) is 29.9 Å². The minimum atomic E-state index is -4.35. The van der Waals surface area contributed by atoms with E-state index in [0.29, 0.717) is 51.0 Å². The summed E-state index contributed by atoms with van der Waals surface area (Å²) in [7, 11) is -4.35. The molecule has 4 N–H and O–H groups in total. The van der Waals surface area contributed by atoms with E-state index >= 15 is 0 Å². The fourth-order valence-electron chi connectivity index (χ4n) is 5.85. The molecular weight excluding hydrogens is 590 g/mol. The number of fused-ring (bicyclic) bond motifs is 20. The molecule has 216 valence electrons. The van der Waals surface area contributed by atoms with Gasteiger partial charge in [-0.15, -0.1) is 0 Å². The van der Waals surface area contributed by atoms with E-state index in [1.54, 1.807) is 12.1 Å². The molecule has 8 bridgehead atoms. The summed E-state index contributed by atoms with van der Waals surface area (Å²) < 4.78 is 29.3. The van der Waals surface area contributed by atoms with Gasteiger partial charge < -0.3 is 14.2 Å². The van der Waals surface area contributed by atoms with E-state index in [9.17, 15) is 8.42 Å². The van der Waals surface area contributed by atoms with Crippen LogP contribution in [0, 0.1) is 0 Å². The monoisotopic (exact) mass is 609 g/mol. The van der Waals surface area contributed by atoms with E-state index in [1.165, 1.54) is 6.07 Å². The number of H-pyrrole nitrogens is 2. The molecule has 13 heteroatoms. The lowest BCUT2D eigenvalue weighted by Gasteiger charge is -2.03. The molecule has 0 radical (unpaired) electrons. The quantitative estimate of drug-likeness (QED) is 0.230. The van der Waals surface area contributed by atoms with Gasteiger partial charge in [-0.05, 0) is 6.07 Å². The molecule has 3 aromatic heterocycles. The Morgan fingerprint density at radius 1 is 0.489 bits per heavy atom. The van der Waals surface area contributed by atoms with Crippen molar-refractivity contribution in [1.29, 1.82) is 0 Å². The van der Waals surface area contributed by atoms with Crippen LogP contribution in [0.1, 0.15) is 0 Å². The van der Waals surface area contributed by atoms with Crippen LogP contribution in [0.5, 0.6) is 5.75 Å². The molecule has 0 fully saturated rings. The Bertz CT molecular complexity index is 2680. The van der Waals surface area contributed by atoms with Gasteiger partial charge in [-0.3, -0.25) is 0 Å². The maximum atomic E-state index is 12.0. The number of nitrogens with one attached hydrogen (secondary N) is 2. The van der Waals surface area contributed by atoms with Crippen LogP contribution in [-0.4, -0.2) is 48.3 Å². The Morgan fingerprint density at radius 2 is 0.889 bits per heavy atom. The number of hydrogen-bond donors (Lipinski definition) is 3. The summed E-state index contributed by atoms with van der Waals surface area (Å²) in [5.74, 6) is 1.72. The van der Waals surface area contributed by atoms with Crippen molar-refractivity contribution < 1.29 is 12.6 Å². The molecule has 5 heterocycles. The standard InChI is InChI=1S/C32H19N9O3S/c33-45(42,43)44-23-15-7-14-22-24(23)32-40-30-21-13-6-5-12-20(21)28(38-30)36-26-17-9-2-1-8-16(17)25(34-26)35-27-18-10-3-4-11-19(18)29(37-27)39-31(22)41-32/h1-15H,(H2,33,42,43)(H2,34,35,36,37,38,39,40,41). The van der Waals surface area contributed by atoms with Crippen LogP contribution in [0.3, 0.4) is 0 Å². The minimum Gasteiger partial charge on any atom is -0.370 e. The highest BCUT2D eigenvalue weighted by Gasteiger charge is 2.23. The van der Waals surface area contributed by atoms with Crippen molar-refractivity contribution >= 4 is 54.4 Å². The molecule has 4 aromatic carbocycles. The second kappa shape index (κ2) is 9.22. The summed E-state index contributed by atoms with van der Waals surface area (Å²) in [6.45, 7) is 0. The average molecular weight is 610 g/mol. The first-order chi connectivity index (χ1) is 21.9. The Hall–Kier alpha value is -6.05. The van der Waals surface area contributed by atoms with Gasteiger partial charge in [0, 0.05) is 38.4 Å². The lowest BCUT2D eigenvalue weighted by atomic mass is 10.1. The van der Waals surface area contributed by atoms with Crippen molar-refractivity contribution in [1.82, 2.24) is 39.9 Å². The van der Waals surface area contributed by atoms with Gasteiger partial charge in [-0.1, -0.05) is 84.9 Å². The van der Waals surface area contributed by atoms with Crippen LogP contribution >= 0.6 is 0 Å². The summed E-state index contributed by atoms with van der Waals surface area (Å²) >= 11 is 0. The van der Waals surface area contributed by atoms with Crippen LogP contribution in [0.2, 0.25) is 0 Å². The Kier molecular flexibility index (Phi) is 5.22. The van der Waals surface area contributed by atoms with Crippen LogP contribution < -0.4 is 9.32 Å². The first-order valence-corrected chi connectivity index (χ1v) is 15.3. The Morgan fingerprint density at radius 3 is 1.38 bits per heavy atom. The Balaban J connectivity index is 1.50. The molecule has 0 saturated carbocycles. The van der Waals surface area contributed by atoms with Gasteiger partial charge in [0.05, 0.1) is 5.39 Å². The highest BCUT2D eigenvalue weighted by molar-refractivity contribution is 7.84. The zero-order valence-corrected chi connectivity index (χ0v) is 23.9. The third-order valence-electron chi connectivity index (χ3n) is 7.75. The maximum Gasteiger partial charge on any atom is 0.380 e. The SMILES string of the molecule is NS(=O)(=O)Oc1cccc2c3nc4nc(nc5[nH]c(nc6nc(nc([nH]3)c12)-c1ccccc1-6)c1ccccc51)-c1ccccc1-4. The van der Waals surface area contributed by atoms with Crippen molar-refractivity contribution in [3.63, 3.8) is 0 Å². The smallest absolute Gasteiger partial charge is 0.370 e. The molecule has 9 rings (SSSR count). The predicted molar refractivity (Wildman–Crippen MR) is 170 cm³/mol. The molecule has 0 spiro atoms. The van der Waals surface area contributed by atoms with Gasteiger partial charge in [0.1, 0.15) is 22.6 Å². The lowest BCUT2D eigenvalue weighted by Crippen LogP contribution is -2.19. The summed E-state index contributed by atoms with van der Waals surface area (Å²) in [4.78, 5) is 36.1. The number of aromatic nitrogens is 8. The van der Waals surface area contributed by atoms with Gasteiger partial charge in [0.25, 0.3) is 0 Å². The van der Waals surface area contributed by atoms with E-state index < -0.39 is 10.3 Å². The van der Waals surface area contributed by atoms with Gasteiger partial charge in [0.2, 0.25) is 0 Å². The normalized spacial score (nSPS) is 12.3.